The molecule has 1 aromatic carbocycles. The lowest BCUT2D eigenvalue weighted by Crippen LogP contribution is -2.44. The Hall–Kier alpha value is -1.23. The number of nitrogens with one attached hydrogen (secondary N) is 1. The molecule has 0 spiro atoms. The molecule has 4 nitrogen and oxygen atoms in total. The van der Waals surface area contributed by atoms with Gasteiger partial charge in [0, 0.05) is 30.5 Å². The molecule has 1 aliphatic rings. The standard InChI is InChI=1S/C13H18BrN3O/c1-9(18)16-11-4-6-17(7-5-11)13-3-2-10(14)8-12(13)15/h2-3,8,11H,4-7,15H2,1H3,(H,16,18). The van der Waals surface area contributed by atoms with Crippen molar-refractivity contribution in [3.8, 4) is 0 Å². The first-order valence-corrected chi connectivity index (χ1v) is 6.92. The highest BCUT2D eigenvalue weighted by atomic mass is 79.9. The number of piperidine rings is 1. The second-order valence-corrected chi connectivity index (χ2v) is 5.58. The van der Waals surface area contributed by atoms with E-state index in [0.717, 1.165) is 41.8 Å². The Morgan fingerprint density at radius 2 is 2.11 bits per heavy atom. The summed E-state index contributed by atoms with van der Waals surface area (Å²) in [7, 11) is 0. The van der Waals surface area contributed by atoms with E-state index in [1.165, 1.54) is 0 Å². The lowest BCUT2D eigenvalue weighted by Gasteiger charge is -2.34. The fourth-order valence-corrected chi connectivity index (χ4v) is 2.74. The Labute approximate surface area is 116 Å². The number of anilines is 2. The van der Waals surface area contributed by atoms with Gasteiger partial charge in [0.2, 0.25) is 5.91 Å². The van der Waals surface area contributed by atoms with E-state index in [1.54, 1.807) is 6.92 Å². The van der Waals surface area contributed by atoms with Crippen LogP contribution in [0, 0.1) is 0 Å². The molecule has 98 valence electrons. The van der Waals surface area contributed by atoms with Gasteiger partial charge in [0.25, 0.3) is 0 Å². The van der Waals surface area contributed by atoms with Crippen molar-refractivity contribution >= 4 is 33.2 Å². The summed E-state index contributed by atoms with van der Waals surface area (Å²) in [5.41, 5.74) is 7.90. The fraction of sp³-hybridized carbons (Fsp3) is 0.462. The van der Waals surface area contributed by atoms with Gasteiger partial charge in [0.15, 0.2) is 0 Å². The van der Waals surface area contributed by atoms with Crippen LogP contribution in [0.25, 0.3) is 0 Å². The lowest BCUT2D eigenvalue weighted by molar-refractivity contribution is -0.119. The second-order valence-electron chi connectivity index (χ2n) is 4.66. The van der Waals surface area contributed by atoms with E-state index in [2.05, 4.69) is 26.1 Å². The molecule has 1 heterocycles. The SMILES string of the molecule is CC(=O)NC1CCN(c2ccc(Br)cc2N)CC1. The minimum atomic E-state index is 0.0524. The number of halogens is 1. The molecule has 0 aliphatic carbocycles. The Bertz CT molecular complexity index is 442. The van der Waals surface area contributed by atoms with Gasteiger partial charge in [-0.2, -0.15) is 0 Å². The minimum absolute atomic E-state index is 0.0524. The first-order valence-electron chi connectivity index (χ1n) is 6.13. The van der Waals surface area contributed by atoms with Crippen molar-refractivity contribution in [3.05, 3.63) is 22.7 Å². The van der Waals surface area contributed by atoms with Gasteiger partial charge in [-0.1, -0.05) is 15.9 Å². The predicted molar refractivity (Wildman–Crippen MR) is 77.6 cm³/mol. The predicted octanol–water partition coefficient (Wildman–Crippen LogP) is 2.14. The minimum Gasteiger partial charge on any atom is -0.397 e. The number of carbonyl (C=O) groups is 1. The van der Waals surface area contributed by atoms with Crippen LogP contribution < -0.4 is 16.0 Å². The summed E-state index contributed by atoms with van der Waals surface area (Å²) in [4.78, 5) is 13.3. The third-order valence-electron chi connectivity index (χ3n) is 3.23. The van der Waals surface area contributed by atoms with E-state index in [0.29, 0.717) is 6.04 Å². The quantitative estimate of drug-likeness (QED) is 0.823. The Kier molecular flexibility index (Phi) is 4.11. The number of nitrogen functional groups attached to an aromatic ring is 1. The van der Waals surface area contributed by atoms with Crippen molar-refractivity contribution in [3.63, 3.8) is 0 Å². The number of rotatable bonds is 2. The molecule has 0 bridgehead atoms. The van der Waals surface area contributed by atoms with Crippen LogP contribution in [-0.4, -0.2) is 25.0 Å². The highest BCUT2D eigenvalue weighted by molar-refractivity contribution is 9.10. The molecule has 1 aliphatic heterocycles. The van der Waals surface area contributed by atoms with E-state index in [4.69, 9.17) is 5.73 Å². The largest absolute Gasteiger partial charge is 0.397 e. The van der Waals surface area contributed by atoms with Crippen LogP contribution in [0.5, 0.6) is 0 Å². The lowest BCUT2D eigenvalue weighted by atomic mass is 10.0. The van der Waals surface area contributed by atoms with Gasteiger partial charge in [-0.15, -0.1) is 0 Å². The van der Waals surface area contributed by atoms with Gasteiger partial charge < -0.3 is 16.0 Å². The summed E-state index contributed by atoms with van der Waals surface area (Å²) in [6.45, 7) is 3.42. The monoisotopic (exact) mass is 311 g/mol. The van der Waals surface area contributed by atoms with Gasteiger partial charge in [0.1, 0.15) is 0 Å². The van der Waals surface area contributed by atoms with E-state index in [9.17, 15) is 4.79 Å². The molecular formula is C13H18BrN3O. The molecule has 0 atom stereocenters. The normalized spacial score (nSPS) is 16.7. The topological polar surface area (TPSA) is 58.4 Å². The first kappa shape index (κ1) is 13.2. The number of hydrogen-bond donors (Lipinski definition) is 2. The number of carbonyl (C=O) groups excluding carboxylic acids is 1. The van der Waals surface area contributed by atoms with Gasteiger partial charge in [-0.3, -0.25) is 4.79 Å². The van der Waals surface area contributed by atoms with Gasteiger partial charge >= 0.3 is 0 Å². The van der Waals surface area contributed by atoms with Crippen molar-refractivity contribution < 1.29 is 4.79 Å². The highest BCUT2D eigenvalue weighted by Gasteiger charge is 2.20. The summed E-state index contributed by atoms with van der Waals surface area (Å²) < 4.78 is 0.997. The molecule has 0 unspecified atom stereocenters. The molecule has 0 aromatic heterocycles. The van der Waals surface area contributed by atoms with Crippen LogP contribution in [0.2, 0.25) is 0 Å². The smallest absolute Gasteiger partial charge is 0.217 e. The van der Waals surface area contributed by atoms with E-state index < -0.39 is 0 Å². The van der Waals surface area contributed by atoms with Crippen molar-refractivity contribution in [1.29, 1.82) is 0 Å². The Morgan fingerprint density at radius 1 is 1.44 bits per heavy atom. The first-order chi connectivity index (χ1) is 8.56. The zero-order valence-corrected chi connectivity index (χ0v) is 12.0. The molecule has 0 radical (unpaired) electrons. The molecule has 1 fully saturated rings. The van der Waals surface area contributed by atoms with Crippen molar-refractivity contribution in [2.24, 2.45) is 0 Å². The summed E-state index contributed by atoms with van der Waals surface area (Å²) in [6.07, 6.45) is 1.93. The van der Waals surface area contributed by atoms with Gasteiger partial charge in [-0.05, 0) is 31.0 Å². The number of nitrogens with two attached hydrogens (primary N) is 1. The maximum absolute atomic E-state index is 11.0. The summed E-state index contributed by atoms with van der Waals surface area (Å²) in [5.74, 6) is 0.0524. The highest BCUT2D eigenvalue weighted by Crippen LogP contribution is 2.28. The van der Waals surface area contributed by atoms with Crippen LogP contribution >= 0.6 is 15.9 Å². The summed E-state index contributed by atoms with van der Waals surface area (Å²) in [6, 6.07) is 6.27. The van der Waals surface area contributed by atoms with E-state index >= 15 is 0 Å². The molecular weight excluding hydrogens is 294 g/mol. The van der Waals surface area contributed by atoms with Crippen LogP contribution in [0.4, 0.5) is 11.4 Å². The van der Waals surface area contributed by atoms with Crippen molar-refractivity contribution in [2.75, 3.05) is 23.7 Å². The average molecular weight is 312 g/mol. The van der Waals surface area contributed by atoms with Crippen LogP contribution in [0.15, 0.2) is 22.7 Å². The molecule has 1 amide bonds. The number of nitrogens with zero attached hydrogens (tertiary/aromatic N) is 1. The van der Waals surface area contributed by atoms with Gasteiger partial charge in [-0.25, -0.2) is 0 Å². The van der Waals surface area contributed by atoms with E-state index in [-0.39, 0.29) is 5.91 Å². The molecule has 18 heavy (non-hydrogen) atoms. The van der Waals surface area contributed by atoms with Gasteiger partial charge in [0.05, 0.1) is 11.4 Å². The van der Waals surface area contributed by atoms with Crippen LogP contribution in [-0.2, 0) is 4.79 Å². The molecule has 1 aromatic rings. The molecule has 2 rings (SSSR count). The van der Waals surface area contributed by atoms with Crippen LogP contribution in [0.1, 0.15) is 19.8 Å². The molecule has 3 N–H and O–H groups in total. The van der Waals surface area contributed by atoms with Crippen molar-refractivity contribution in [2.45, 2.75) is 25.8 Å². The third-order valence-corrected chi connectivity index (χ3v) is 3.73. The van der Waals surface area contributed by atoms with Crippen molar-refractivity contribution in [1.82, 2.24) is 5.32 Å². The molecule has 5 heteroatoms. The Morgan fingerprint density at radius 3 is 2.67 bits per heavy atom. The fourth-order valence-electron chi connectivity index (χ4n) is 2.37. The number of hydrogen-bond acceptors (Lipinski definition) is 3. The summed E-state index contributed by atoms with van der Waals surface area (Å²) >= 11 is 3.41. The Balaban J connectivity index is 1.99. The third kappa shape index (κ3) is 3.16. The van der Waals surface area contributed by atoms with Crippen LogP contribution in [0.3, 0.4) is 0 Å². The number of amides is 1. The average Bonchev–Trinajstić information content (AvgIpc) is 2.30. The van der Waals surface area contributed by atoms with E-state index in [1.807, 2.05) is 18.2 Å². The number of benzene rings is 1. The maximum Gasteiger partial charge on any atom is 0.217 e. The maximum atomic E-state index is 11.0. The molecule has 0 saturated carbocycles. The zero-order chi connectivity index (χ0) is 13.1. The summed E-state index contributed by atoms with van der Waals surface area (Å²) in [5, 5.41) is 2.97. The molecule has 1 saturated heterocycles. The second kappa shape index (κ2) is 5.61. The zero-order valence-electron chi connectivity index (χ0n) is 10.4.